The largest absolute Gasteiger partial charge is 0.395 e. The monoisotopic (exact) mass is 262 g/mol. The number of aliphatic hydroxyl groups is 1. The normalized spacial score (nSPS) is 22.5. The molecule has 1 aliphatic carbocycles. The zero-order valence-corrected chi connectivity index (χ0v) is 12.1. The molecule has 0 bridgehead atoms. The van der Waals surface area contributed by atoms with Crippen LogP contribution >= 0.6 is 0 Å². The average molecular weight is 262 g/mol. The van der Waals surface area contributed by atoms with Gasteiger partial charge in [0.25, 0.3) is 0 Å². The zero-order valence-electron chi connectivity index (χ0n) is 12.1. The fraction of sp³-hybridized carbons (Fsp3) is 0.625. The third kappa shape index (κ3) is 3.63. The summed E-state index contributed by atoms with van der Waals surface area (Å²) in [6.07, 6.45) is 3.97. The Morgan fingerprint density at radius 1 is 1.26 bits per heavy atom. The lowest BCUT2D eigenvalue weighted by atomic mass is 10.1. The van der Waals surface area contributed by atoms with Crippen LogP contribution in [0.15, 0.2) is 24.3 Å². The molecule has 0 spiro atoms. The van der Waals surface area contributed by atoms with Gasteiger partial charge in [0.2, 0.25) is 0 Å². The number of aliphatic hydroxyl groups excluding tert-OH is 1. The minimum absolute atomic E-state index is 0.202. The summed E-state index contributed by atoms with van der Waals surface area (Å²) in [6.45, 7) is 6.27. The van der Waals surface area contributed by atoms with Crippen LogP contribution in [-0.4, -0.2) is 30.8 Å². The summed E-state index contributed by atoms with van der Waals surface area (Å²) >= 11 is 0. The second-order valence-electron chi connectivity index (χ2n) is 5.51. The molecule has 1 aliphatic rings. The number of nitrogens with zero attached hydrogens (tertiary/aromatic N) is 1. The SMILES string of the molecule is CCN(CCO)c1ccc(NC2CCCC2C)cc1. The Balaban J connectivity index is 1.97. The molecule has 1 saturated carbocycles. The maximum Gasteiger partial charge on any atom is 0.0606 e. The molecule has 106 valence electrons. The van der Waals surface area contributed by atoms with E-state index >= 15 is 0 Å². The van der Waals surface area contributed by atoms with Gasteiger partial charge in [-0.3, -0.25) is 0 Å². The molecule has 19 heavy (non-hydrogen) atoms. The van der Waals surface area contributed by atoms with Crippen LogP contribution in [0.1, 0.15) is 33.1 Å². The van der Waals surface area contributed by atoms with Crippen LogP contribution in [-0.2, 0) is 0 Å². The smallest absolute Gasteiger partial charge is 0.0606 e. The van der Waals surface area contributed by atoms with Crippen molar-refractivity contribution in [3.05, 3.63) is 24.3 Å². The highest BCUT2D eigenvalue weighted by Gasteiger charge is 2.22. The molecule has 3 heteroatoms. The molecule has 1 aromatic rings. The third-order valence-electron chi connectivity index (χ3n) is 4.20. The molecular weight excluding hydrogens is 236 g/mol. The first kappa shape index (κ1) is 14.2. The van der Waals surface area contributed by atoms with Crippen molar-refractivity contribution in [3.63, 3.8) is 0 Å². The zero-order chi connectivity index (χ0) is 13.7. The summed E-state index contributed by atoms with van der Waals surface area (Å²) in [5.74, 6) is 0.779. The molecule has 2 unspecified atom stereocenters. The van der Waals surface area contributed by atoms with Crippen LogP contribution < -0.4 is 10.2 Å². The van der Waals surface area contributed by atoms with Crippen molar-refractivity contribution >= 4 is 11.4 Å². The van der Waals surface area contributed by atoms with Crippen LogP contribution in [0.4, 0.5) is 11.4 Å². The standard InChI is InChI=1S/C16H26N2O/c1-3-18(11-12-19)15-9-7-14(8-10-15)17-16-6-4-5-13(16)2/h7-10,13,16-17,19H,3-6,11-12H2,1-2H3. The molecule has 3 nitrogen and oxygen atoms in total. The van der Waals surface area contributed by atoms with Crippen LogP contribution in [0.5, 0.6) is 0 Å². The highest BCUT2D eigenvalue weighted by molar-refractivity contribution is 5.55. The minimum atomic E-state index is 0.202. The molecule has 2 rings (SSSR count). The summed E-state index contributed by atoms with van der Waals surface area (Å²) in [6, 6.07) is 9.22. The topological polar surface area (TPSA) is 35.5 Å². The lowest BCUT2D eigenvalue weighted by Gasteiger charge is -2.23. The van der Waals surface area contributed by atoms with Gasteiger partial charge in [0.1, 0.15) is 0 Å². The molecule has 2 atom stereocenters. The molecule has 0 aliphatic heterocycles. The van der Waals surface area contributed by atoms with E-state index in [0.29, 0.717) is 12.6 Å². The fourth-order valence-corrected chi connectivity index (χ4v) is 2.93. The van der Waals surface area contributed by atoms with Crippen molar-refractivity contribution in [2.75, 3.05) is 29.9 Å². The second kappa shape index (κ2) is 6.80. The number of likely N-dealkylation sites (N-methyl/N-ethyl adjacent to an activating group) is 1. The van der Waals surface area contributed by atoms with Crippen LogP contribution in [0, 0.1) is 5.92 Å². The molecule has 0 saturated heterocycles. The first-order valence-corrected chi connectivity index (χ1v) is 7.47. The molecule has 0 heterocycles. The number of anilines is 2. The van der Waals surface area contributed by atoms with Crippen molar-refractivity contribution in [1.82, 2.24) is 0 Å². The maximum absolute atomic E-state index is 9.05. The Kier molecular flexibility index (Phi) is 5.08. The highest BCUT2D eigenvalue weighted by atomic mass is 16.3. The number of benzene rings is 1. The average Bonchev–Trinajstić information content (AvgIpc) is 2.83. The fourth-order valence-electron chi connectivity index (χ4n) is 2.93. The van der Waals surface area contributed by atoms with Gasteiger partial charge in [-0.15, -0.1) is 0 Å². The van der Waals surface area contributed by atoms with Crippen molar-refractivity contribution < 1.29 is 5.11 Å². The van der Waals surface area contributed by atoms with Crippen LogP contribution in [0.25, 0.3) is 0 Å². The van der Waals surface area contributed by atoms with Gasteiger partial charge in [-0.2, -0.15) is 0 Å². The highest BCUT2D eigenvalue weighted by Crippen LogP contribution is 2.28. The molecular formula is C16H26N2O. The molecule has 0 aromatic heterocycles. The van der Waals surface area contributed by atoms with Gasteiger partial charge in [0, 0.05) is 30.5 Å². The van der Waals surface area contributed by atoms with Gasteiger partial charge in [0.15, 0.2) is 0 Å². The Morgan fingerprint density at radius 3 is 2.53 bits per heavy atom. The number of rotatable bonds is 6. The Labute approximate surface area is 116 Å². The van der Waals surface area contributed by atoms with E-state index in [4.69, 9.17) is 5.11 Å². The van der Waals surface area contributed by atoms with E-state index in [2.05, 4.69) is 48.3 Å². The minimum Gasteiger partial charge on any atom is -0.395 e. The van der Waals surface area contributed by atoms with Gasteiger partial charge in [-0.05, 0) is 49.9 Å². The lowest BCUT2D eigenvalue weighted by molar-refractivity contribution is 0.302. The van der Waals surface area contributed by atoms with E-state index in [1.165, 1.54) is 30.6 Å². The first-order chi connectivity index (χ1) is 9.24. The summed E-state index contributed by atoms with van der Waals surface area (Å²) in [4.78, 5) is 2.18. The van der Waals surface area contributed by atoms with Crippen LogP contribution in [0.2, 0.25) is 0 Å². The lowest BCUT2D eigenvalue weighted by Crippen LogP contribution is -2.26. The first-order valence-electron chi connectivity index (χ1n) is 7.47. The van der Waals surface area contributed by atoms with Gasteiger partial charge >= 0.3 is 0 Å². The van der Waals surface area contributed by atoms with Crippen molar-refractivity contribution in [3.8, 4) is 0 Å². The molecule has 0 amide bonds. The quantitative estimate of drug-likeness (QED) is 0.827. The van der Waals surface area contributed by atoms with Crippen molar-refractivity contribution in [2.24, 2.45) is 5.92 Å². The number of nitrogens with one attached hydrogen (secondary N) is 1. The molecule has 1 fully saturated rings. The Hall–Kier alpha value is -1.22. The van der Waals surface area contributed by atoms with Crippen LogP contribution in [0.3, 0.4) is 0 Å². The summed E-state index contributed by atoms with van der Waals surface area (Å²) in [5.41, 5.74) is 2.39. The van der Waals surface area contributed by atoms with E-state index in [0.717, 1.165) is 12.5 Å². The van der Waals surface area contributed by atoms with Gasteiger partial charge in [-0.1, -0.05) is 13.3 Å². The van der Waals surface area contributed by atoms with Gasteiger partial charge in [-0.25, -0.2) is 0 Å². The third-order valence-corrected chi connectivity index (χ3v) is 4.20. The molecule has 2 N–H and O–H groups in total. The van der Waals surface area contributed by atoms with E-state index in [1.807, 2.05) is 0 Å². The number of hydrogen-bond acceptors (Lipinski definition) is 3. The predicted octanol–water partition coefficient (Wildman–Crippen LogP) is 3.11. The van der Waals surface area contributed by atoms with E-state index in [9.17, 15) is 0 Å². The molecule has 1 aromatic carbocycles. The van der Waals surface area contributed by atoms with E-state index in [-0.39, 0.29) is 6.61 Å². The van der Waals surface area contributed by atoms with E-state index < -0.39 is 0 Å². The Bertz CT molecular complexity index is 377. The summed E-state index contributed by atoms with van der Waals surface area (Å²) < 4.78 is 0. The maximum atomic E-state index is 9.05. The van der Waals surface area contributed by atoms with Crippen molar-refractivity contribution in [1.29, 1.82) is 0 Å². The summed E-state index contributed by atoms with van der Waals surface area (Å²) in [5, 5.41) is 12.7. The predicted molar refractivity (Wildman–Crippen MR) is 81.8 cm³/mol. The Morgan fingerprint density at radius 2 is 2.00 bits per heavy atom. The summed E-state index contributed by atoms with van der Waals surface area (Å²) in [7, 11) is 0. The number of hydrogen-bond donors (Lipinski definition) is 2. The van der Waals surface area contributed by atoms with Gasteiger partial charge in [0.05, 0.1) is 6.61 Å². The molecule has 0 radical (unpaired) electrons. The second-order valence-corrected chi connectivity index (χ2v) is 5.51. The van der Waals surface area contributed by atoms with E-state index in [1.54, 1.807) is 0 Å². The van der Waals surface area contributed by atoms with Gasteiger partial charge < -0.3 is 15.3 Å². The van der Waals surface area contributed by atoms with Crippen molar-refractivity contribution in [2.45, 2.75) is 39.2 Å².